The molecule has 0 fully saturated rings. The number of fused-ring (bicyclic) bond motifs is 1. The van der Waals surface area contributed by atoms with Crippen molar-refractivity contribution in [1.82, 2.24) is 0 Å². The van der Waals surface area contributed by atoms with Crippen LogP contribution >= 0.6 is 27.3 Å². The summed E-state index contributed by atoms with van der Waals surface area (Å²) in [5.74, 6) is 0.887. The molecule has 3 rings (SSSR count). The van der Waals surface area contributed by atoms with Gasteiger partial charge in [-0.1, -0.05) is 18.2 Å². The molecule has 3 heteroatoms. The Morgan fingerprint density at radius 3 is 2.50 bits per heavy atom. The molecular formula is C15H11BrOS. The molecule has 18 heavy (non-hydrogen) atoms. The Bertz CT molecular complexity index is 685. The molecule has 0 amide bonds. The van der Waals surface area contributed by atoms with Gasteiger partial charge in [-0.15, -0.1) is 11.3 Å². The number of hydrogen-bond acceptors (Lipinski definition) is 2. The first-order chi connectivity index (χ1) is 8.79. The highest BCUT2D eigenvalue weighted by Gasteiger charge is 2.07. The highest BCUT2D eigenvalue weighted by molar-refractivity contribution is 9.10. The molecule has 0 radical (unpaired) electrons. The van der Waals surface area contributed by atoms with Crippen molar-refractivity contribution in [2.45, 2.75) is 0 Å². The zero-order valence-electron chi connectivity index (χ0n) is 9.81. The van der Waals surface area contributed by atoms with Crippen molar-refractivity contribution in [3.05, 3.63) is 52.3 Å². The molecule has 0 N–H and O–H groups in total. The van der Waals surface area contributed by atoms with Gasteiger partial charge in [-0.25, -0.2) is 0 Å². The van der Waals surface area contributed by atoms with Gasteiger partial charge in [0.2, 0.25) is 0 Å². The van der Waals surface area contributed by atoms with Crippen molar-refractivity contribution in [2.24, 2.45) is 0 Å². The summed E-state index contributed by atoms with van der Waals surface area (Å²) < 4.78 is 7.64. The molecule has 0 spiro atoms. The highest BCUT2D eigenvalue weighted by atomic mass is 79.9. The summed E-state index contributed by atoms with van der Waals surface area (Å²) in [5, 5.41) is 3.42. The number of rotatable bonds is 2. The predicted octanol–water partition coefficient (Wildman–Crippen LogP) is 5.34. The Morgan fingerprint density at radius 2 is 1.78 bits per heavy atom. The third-order valence-electron chi connectivity index (χ3n) is 2.97. The van der Waals surface area contributed by atoms with Crippen LogP contribution in [0.3, 0.4) is 0 Å². The van der Waals surface area contributed by atoms with Crippen LogP contribution in [0.15, 0.2) is 52.3 Å². The highest BCUT2D eigenvalue weighted by Crippen LogP contribution is 2.36. The molecule has 2 aromatic carbocycles. The van der Waals surface area contributed by atoms with Gasteiger partial charge in [0.15, 0.2) is 0 Å². The monoisotopic (exact) mass is 318 g/mol. The summed E-state index contributed by atoms with van der Waals surface area (Å²) in [5.41, 5.74) is 2.48. The fourth-order valence-electron chi connectivity index (χ4n) is 2.05. The van der Waals surface area contributed by atoms with E-state index in [1.165, 1.54) is 21.2 Å². The quantitative estimate of drug-likeness (QED) is 0.619. The van der Waals surface area contributed by atoms with E-state index in [1.54, 1.807) is 18.4 Å². The van der Waals surface area contributed by atoms with Gasteiger partial charge in [0, 0.05) is 14.6 Å². The lowest BCUT2D eigenvalue weighted by Gasteiger charge is -2.06. The van der Waals surface area contributed by atoms with E-state index in [0.717, 1.165) is 10.2 Å². The minimum absolute atomic E-state index is 0.887. The van der Waals surface area contributed by atoms with Crippen LogP contribution in [0.2, 0.25) is 0 Å². The Balaban J connectivity index is 2.18. The largest absolute Gasteiger partial charge is 0.497 e. The van der Waals surface area contributed by atoms with Gasteiger partial charge in [-0.05, 0) is 56.7 Å². The van der Waals surface area contributed by atoms with E-state index in [-0.39, 0.29) is 0 Å². The maximum absolute atomic E-state index is 5.19. The van der Waals surface area contributed by atoms with Crippen LogP contribution in [0.25, 0.3) is 21.2 Å². The normalized spacial score (nSPS) is 10.8. The molecule has 90 valence electrons. The van der Waals surface area contributed by atoms with Crippen molar-refractivity contribution < 1.29 is 4.74 Å². The SMILES string of the molecule is COc1ccc(-c2ccc(Br)c3sccc23)cc1. The molecule has 1 nitrogen and oxygen atoms in total. The molecule has 3 aromatic rings. The third-order valence-corrected chi connectivity index (χ3v) is 4.84. The average Bonchev–Trinajstić information content (AvgIpc) is 2.90. The van der Waals surface area contributed by atoms with E-state index in [9.17, 15) is 0 Å². The van der Waals surface area contributed by atoms with Crippen LogP contribution in [-0.2, 0) is 0 Å². The number of thiophene rings is 1. The standard InChI is InChI=1S/C15H11BrOS/c1-17-11-4-2-10(3-5-11)12-6-7-14(16)15-13(12)8-9-18-15/h2-9H,1H3. The van der Waals surface area contributed by atoms with Gasteiger partial charge in [-0.2, -0.15) is 0 Å². The summed E-state index contributed by atoms with van der Waals surface area (Å²) in [7, 11) is 1.69. The van der Waals surface area contributed by atoms with Gasteiger partial charge in [-0.3, -0.25) is 0 Å². The summed E-state index contributed by atoms with van der Waals surface area (Å²) >= 11 is 5.35. The molecule has 0 aliphatic carbocycles. The number of halogens is 1. The van der Waals surface area contributed by atoms with E-state index in [1.807, 2.05) is 12.1 Å². The molecule has 0 bridgehead atoms. The average molecular weight is 319 g/mol. The Hall–Kier alpha value is -1.32. The molecule has 0 atom stereocenters. The van der Waals surface area contributed by atoms with Crippen LogP contribution in [0.5, 0.6) is 5.75 Å². The first kappa shape index (κ1) is 11.8. The molecule has 0 aliphatic heterocycles. The summed E-state index contributed by atoms with van der Waals surface area (Å²) in [6.07, 6.45) is 0. The van der Waals surface area contributed by atoms with Crippen LogP contribution in [-0.4, -0.2) is 7.11 Å². The minimum atomic E-state index is 0.887. The fraction of sp³-hybridized carbons (Fsp3) is 0.0667. The van der Waals surface area contributed by atoms with Gasteiger partial charge in [0.05, 0.1) is 7.11 Å². The first-order valence-corrected chi connectivity index (χ1v) is 7.27. The molecule has 0 saturated heterocycles. The first-order valence-electron chi connectivity index (χ1n) is 5.60. The number of hydrogen-bond donors (Lipinski definition) is 0. The molecular weight excluding hydrogens is 308 g/mol. The Kier molecular flexibility index (Phi) is 3.10. The smallest absolute Gasteiger partial charge is 0.118 e. The van der Waals surface area contributed by atoms with Crippen molar-refractivity contribution >= 4 is 37.4 Å². The summed E-state index contributed by atoms with van der Waals surface area (Å²) in [6.45, 7) is 0. The van der Waals surface area contributed by atoms with Crippen molar-refractivity contribution in [3.63, 3.8) is 0 Å². The van der Waals surface area contributed by atoms with Gasteiger partial charge in [0.1, 0.15) is 5.75 Å². The van der Waals surface area contributed by atoms with Crippen molar-refractivity contribution in [1.29, 1.82) is 0 Å². The van der Waals surface area contributed by atoms with E-state index in [2.05, 4.69) is 51.6 Å². The fourth-order valence-corrected chi connectivity index (χ4v) is 3.50. The zero-order chi connectivity index (χ0) is 12.5. The predicted molar refractivity (Wildman–Crippen MR) is 81.5 cm³/mol. The summed E-state index contributed by atoms with van der Waals surface area (Å²) in [4.78, 5) is 0. The zero-order valence-corrected chi connectivity index (χ0v) is 12.2. The van der Waals surface area contributed by atoms with Crippen molar-refractivity contribution in [2.75, 3.05) is 7.11 Å². The van der Waals surface area contributed by atoms with Crippen molar-refractivity contribution in [3.8, 4) is 16.9 Å². The molecule has 1 heterocycles. The van der Waals surface area contributed by atoms with E-state index < -0.39 is 0 Å². The minimum Gasteiger partial charge on any atom is -0.497 e. The van der Waals surface area contributed by atoms with Gasteiger partial charge >= 0.3 is 0 Å². The van der Waals surface area contributed by atoms with E-state index in [0.29, 0.717) is 0 Å². The second-order valence-electron chi connectivity index (χ2n) is 3.99. The summed E-state index contributed by atoms with van der Waals surface area (Å²) in [6, 6.07) is 14.6. The molecule has 1 aromatic heterocycles. The lowest BCUT2D eigenvalue weighted by molar-refractivity contribution is 0.415. The second kappa shape index (κ2) is 4.75. The van der Waals surface area contributed by atoms with E-state index in [4.69, 9.17) is 4.74 Å². The maximum Gasteiger partial charge on any atom is 0.118 e. The Morgan fingerprint density at radius 1 is 1.00 bits per heavy atom. The number of methoxy groups -OCH3 is 1. The topological polar surface area (TPSA) is 9.23 Å². The second-order valence-corrected chi connectivity index (χ2v) is 5.76. The number of benzene rings is 2. The maximum atomic E-state index is 5.19. The van der Waals surface area contributed by atoms with Gasteiger partial charge in [0.25, 0.3) is 0 Å². The molecule has 0 aliphatic rings. The van der Waals surface area contributed by atoms with E-state index >= 15 is 0 Å². The lowest BCUT2D eigenvalue weighted by atomic mass is 10.0. The third kappa shape index (κ3) is 1.93. The van der Waals surface area contributed by atoms with Crippen LogP contribution in [0, 0.1) is 0 Å². The van der Waals surface area contributed by atoms with Crippen LogP contribution < -0.4 is 4.74 Å². The van der Waals surface area contributed by atoms with Gasteiger partial charge < -0.3 is 4.74 Å². The number of ether oxygens (including phenoxy) is 1. The lowest BCUT2D eigenvalue weighted by Crippen LogP contribution is -1.83. The van der Waals surface area contributed by atoms with Crippen LogP contribution in [0.1, 0.15) is 0 Å². The molecule has 0 saturated carbocycles. The Labute approximate surface area is 118 Å². The molecule has 0 unspecified atom stereocenters. The van der Waals surface area contributed by atoms with Crippen LogP contribution in [0.4, 0.5) is 0 Å².